The number of rotatable bonds is 3. The third-order valence-corrected chi connectivity index (χ3v) is 2.65. The minimum Gasteiger partial charge on any atom is -0.291 e. The molecular weight excluding hydrogens is 270 g/mol. The van der Waals surface area contributed by atoms with Crippen LogP contribution in [0, 0.1) is 0 Å². The highest BCUT2D eigenvalue weighted by atomic mass is 35.5. The van der Waals surface area contributed by atoms with E-state index in [4.69, 9.17) is 11.6 Å². The molecule has 8 nitrogen and oxygen atoms in total. The molecule has 0 bridgehead atoms. The summed E-state index contributed by atoms with van der Waals surface area (Å²) in [5, 5.41) is 18.7. The standard InChI is InChI=1S/C10H8ClN7O/c11-7-3-1-6(2-4-7)9-14-17-18(16-9)5-8-12-10(19)15-13-8/h1-4H,5H2,(H2,12,13,15,19). The lowest BCUT2D eigenvalue weighted by atomic mass is 10.2. The van der Waals surface area contributed by atoms with Crippen LogP contribution >= 0.6 is 11.6 Å². The summed E-state index contributed by atoms with van der Waals surface area (Å²) < 4.78 is 0. The summed E-state index contributed by atoms with van der Waals surface area (Å²) in [6.45, 7) is 0.235. The minimum atomic E-state index is -0.368. The molecule has 2 N–H and O–H groups in total. The van der Waals surface area contributed by atoms with Crippen LogP contribution in [0.15, 0.2) is 29.1 Å². The van der Waals surface area contributed by atoms with Gasteiger partial charge in [-0.1, -0.05) is 11.6 Å². The van der Waals surface area contributed by atoms with E-state index in [1.807, 2.05) is 0 Å². The molecule has 0 aliphatic carbocycles. The number of nitrogens with zero attached hydrogens (tertiary/aromatic N) is 5. The van der Waals surface area contributed by atoms with Gasteiger partial charge in [-0.15, -0.1) is 10.2 Å². The molecule has 0 radical (unpaired) electrons. The maximum absolute atomic E-state index is 10.9. The number of tetrazole rings is 1. The fraction of sp³-hybridized carbons (Fsp3) is 0.100. The molecule has 0 unspecified atom stereocenters. The van der Waals surface area contributed by atoms with Crippen molar-refractivity contribution in [3.63, 3.8) is 0 Å². The van der Waals surface area contributed by atoms with Crippen molar-refractivity contribution in [2.24, 2.45) is 0 Å². The van der Waals surface area contributed by atoms with Crippen LogP contribution < -0.4 is 5.69 Å². The zero-order valence-electron chi connectivity index (χ0n) is 9.54. The van der Waals surface area contributed by atoms with Crippen molar-refractivity contribution in [1.29, 1.82) is 0 Å². The number of aromatic nitrogens is 7. The van der Waals surface area contributed by atoms with Crippen LogP contribution in [0.25, 0.3) is 11.4 Å². The van der Waals surface area contributed by atoms with Gasteiger partial charge >= 0.3 is 5.69 Å². The predicted molar refractivity (Wildman–Crippen MR) is 66.6 cm³/mol. The molecule has 0 saturated heterocycles. The second-order valence-corrected chi connectivity index (χ2v) is 4.21. The number of halogens is 1. The van der Waals surface area contributed by atoms with E-state index in [9.17, 15) is 4.79 Å². The van der Waals surface area contributed by atoms with Crippen molar-refractivity contribution < 1.29 is 0 Å². The third kappa shape index (κ3) is 2.52. The Bertz CT molecular complexity index is 742. The highest BCUT2D eigenvalue weighted by Gasteiger charge is 2.07. The summed E-state index contributed by atoms with van der Waals surface area (Å²) >= 11 is 5.81. The summed E-state index contributed by atoms with van der Waals surface area (Å²) in [7, 11) is 0. The van der Waals surface area contributed by atoms with Gasteiger partial charge in [0.05, 0.1) is 0 Å². The Morgan fingerprint density at radius 2 is 2.05 bits per heavy atom. The van der Waals surface area contributed by atoms with Gasteiger partial charge < -0.3 is 0 Å². The van der Waals surface area contributed by atoms with Crippen molar-refractivity contribution in [3.8, 4) is 11.4 Å². The largest absolute Gasteiger partial charge is 0.340 e. The molecule has 0 saturated carbocycles. The average Bonchev–Trinajstić information content (AvgIpc) is 3.00. The molecule has 2 aromatic heterocycles. The van der Waals surface area contributed by atoms with Crippen LogP contribution in [0.1, 0.15) is 5.82 Å². The highest BCUT2D eigenvalue weighted by Crippen LogP contribution is 2.16. The van der Waals surface area contributed by atoms with Crippen molar-refractivity contribution >= 4 is 11.6 Å². The molecule has 19 heavy (non-hydrogen) atoms. The van der Waals surface area contributed by atoms with E-state index in [1.165, 1.54) is 4.80 Å². The van der Waals surface area contributed by atoms with Gasteiger partial charge in [-0.25, -0.2) is 9.89 Å². The Morgan fingerprint density at radius 3 is 2.74 bits per heavy atom. The predicted octanol–water partition coefficient (Wildman–Crippen LogP) is 0.453. The van der Waals surface area contributed by atoms with Gasteiger partial charge in [0, 0.05) is 10.6 Å². The first kappa shape index (κ1) is 11.6. The van der Waals surface area contributed by atoms with Crippen molar-refractivity contribution in [1.82, 2.24) is 35.4 Å². The van der Waals surface area contributed by atoms with Crippen molar-refractivity contribution in [3.05, 3.63) is 45.6 Å². The normalized spacial score (nSPS) is 10.8. The number of hydrogen-bond donors (Lipinski definition) is 2. The Balaban J connectivity index is 1.83. The number of hydrogen-bond acceptors (Lipinski definition) is 5. The highest BCUT2D eigenvalue weighted by molar-refractivity contribution is 6.30. The zero-order valence-corrected chi connectivity index (χ0v) is 10.3. The maximum Gasteiger partial charge on any atom is 0.340 e. The maximum atomic E-state index is 10.9. The molecule has 9 heteroatoms. The lowest BCUT2D eigenvalue weighted by Gasteiger charge is -1.94. The zero-order chi connectivity index (χ0) is 13.2. The lowest BCUT2D eigenvalue weighted by molar-refractivity contribution is 0.555. The van der Waals surface area contributed by atoms with Crippen LogP contribution in [0.5, 0.6) is 0 Å². The number of aromatic amines is 2. The molecule has 2 heterocycles. The van der Waals surface area contributed by atoms with Crippen LogP contribution in [-0.4, -0.2) is 35.4 Å². The second kappa shape index (κ2) is 4.65. The fourth-order valence-electron chi connectivity index (χ4n) is 1.54. The van der Waals surface area contributed by atoms with Gasteiger partial charge in [-0.3, -0.25) is 4.98 Å². The van der Waals surface area contributed by atoms with Gasteiger partial charge in [0.15, 0.2) is 5.82 Å². The smallest absolute Gasteiger partial charge is 0.291 e. The first-order chi connectivity index (χ1) is 9.20. The molecule has 3 aromatic rings. The van der Waals surface area contributed by atoms with Crippen LogP contribution in [0.2, 0.25) is 5.02 Å². The van der Waals surface area contributed by atoms with Crippen LogP contribution in [0.4, 0.5) is 0 Å². The van der Waals surface area contributed by atoms with E-state index in [0.29, 0.717) is 16.7 Å². The Kier molecular flexibility index (Phi) is 2.84. The Labute approximate surface area is 111 Å². The van der Waals surface area contributed by atoms with E-state index in [2.05, 4.69) is 30.6 Å². The van der Waals surface area contributed by atoms with E-state index >= 15 is 0 Å². The molecule has 0 atom stereocenters. The van der Waals surface area contributed by atoms with Gasteiger partial charge in [0.1, 0.15) is 6.54 Å². The Hall–Kier alpha value is -2.48. The van der Waals surface area contributed by atoms with E-state index in [1.54, 1.807) is 24.3 Å². The molecular formula is C10H8ClN7O. The summed E-state index contributed by atoms with van der Waals surface area (Å²) in [6.07, 6.45) is 0. The number of nitrogens with one attached hydrogen (secondary N) is 2. The summed E-state index contributed by atoms with van der Waals surface area (Å²) in [6, 6.07) is 7.12. The summed E-state index contributed by atoms with van der Waals surface area (Å²) in [5.41, 5.74) is 0.444. The van der Waals surface area contributed by atoms with E-state index in [-0.39, 0.29) is 12.2 Å². The molecule has 0 fully saturated rings. The Morgan fingerprint density at radius 1 is 1.26 bits per heavy atom. The summed E-state index contributed by atoms with van der Waals surface area (Å²) in [4.78, 5) is 14.7. The number of H-pyrrole nitrogens is 2. The molecule has 96 valence electrons. The molecule has 3 rings (SSSR count). The van der Waals surface area contributed by atoms with E-state index in [0.717, 1.165) is 5.56 Å². The van der Waals surface area contributed by atoms with Gasteiger partial charge in [0.25, 0.3) is 0 Å². The number of benzene rings is 1. The monoisotopic (exact) mass is 277 g/mol. The lowest BCUT2D eigenvalue weighted by Crippen LogP contribution is -2.07. The average molecular weight is 278 g/mol. The fourth-order valence-corrected chi connectivity index (χ4v) is 1.66. The SMILES string of the molecule is O=c1[nH]nc(Cn2nnc(-c3ccc(Cl)cc3)n2)[nH]1. The molecule has 0 amide bonds. The van der Waals surface area contributed by atoms with Gasteiger partial charge in [-0.05, 0) is 29.5 Å². The summed E-state index contributed by atoms with van der Waals surface area (Å²) in [5.74, 6) is 0.916. The van der Waals surface area contributed by atoms with Crippen molar-refractivity contribution in [2.75, 3.05) is 0 Å². The minimum absolute atomic E-state index is 0.235. The quantitative estimate of drug-likeness (QED) is 0.723. The van der Waals surface area contributed by atoms with Crippen molar-refractivity contribution in [2.45, 2.75) is 6.54 Å². The molecule has 0 aliphatic heterocycles. The first-order valence-electron chi connectivity index (χ1n) is 5.38. The van der Waals surface area contributed by atoms with E-state index < -0.39 is 0 Å². The van der Waals surface area contributed by atoms with Gasteiger partial charge in [0.2, 0.25) is 5.82 Å². The molecule has 0 aliphatic rings. The molecule has 0 spiro atoms. The third-order valence-electron chi connectivity index (χ3n) is 2.40. The van der Waals surface area contributed by atoms with Crippen LogP contribution in [-0.2, 0) is 6.54 Å². The van der Waals surface area contributed by atoms with Gasteiger partial charge in [-0.2, -0.15) is 9.90 Å². The molecule has 1 aromatic carbocycles. The second-order valence-electron chi connectivity index (χ2n) is 3.77. The topological polar surface area (TPSA) is 105 Å². The first-order valence-corrected chi connectivity index (χ1v) is 5.76. The van der Waals surface area contributed by atoms with Crippen LogP contribution in [0.3, 0.4) is 0 Å².